The van der Waals surface area contributed by atoms with Crippen molar-refractivity contribution in [1.29, 1.82) is 0 Å². The number of halogens is 1. The van der Waals surface area contributed by atoms with Crippen LogP contribution in [0.4, 0.5) is 0 Å². The second-order valence-electron chi connectivity index (χ2n) is 8.18. The average Bonchev–Trinajstić information content (AvgIpc) is 2.52. The number of carbonyl (C=O) groups is 1. The van der Waals surface area contributed by atoms with E-state index in [0.29, 0.717) is 19.5 Å². The minimum absolute atomic E-state index is 0. The second kappa shape index (κ2) is 10.4. The van der Waals surface area contributed by atoms with Gasteiger partial charge in [-0.25, -0.2) is 8.42 Å². The number of rotatable bonds is 9. The van der Waals surface area contributed by atoms with Crippen molar-refractivity contribution in [1.82, 2.24) is 9.62 Å². The lowest BCUT2D eigenvalue weighted by Gasteiger charge is -2.32. The van der Waals surface area contributed by atoms with Crippen LogP contribution in [0.3, 0.4) is 0 Å². The summed E-state index contributed by atoms with van der Waals surface area (Å²) < 4.78 is 28.0. The fraction of sp³-hybridized carbons (Fsp3) is 0.632. The highest BCUT2D eigenvalue weighted by Gasteiger charge is 2.30. The van der Waals surface area contributed by atoms with Gasteiger partial charge in [-0.15, -0.1) is 12.4 Å². The van der Waals surface area contributed by atoms with Gasteiger partial charge in [-0.1, -0.05) is 45.4 Å². The van der Waals surface area contributed by atoms with E-state index in [2.05, 4.69) is 4.72 Å². The molecule has 1 rings (SSSR count). The monoisotopic (exact) mass is 419 g/mol. The summed E-state index contributed by atoms with van der Waals surface area (Å²) in [5, 5.41) is 0. The first-order valence-corrected chi connectivity index (χ1v) is 10.4. The molecule has 156 valence electrons. The molecule has 1 aromatic carbocycles. The Bertz CT molecular complexity index is 703. The highest BCUT2D eigenvalue weighted by molar-refractivity contribution is 7.89. The third kappa shape index (κ3) is 8.17. The molecule has 0 fully saturated rings. The number of likely N-dealkylation sites (N-methyl/N-ethyl adjacent to an activating group) is 1. The molecule has 0 aliphatic heterocycles. The second-order valence-corrected chi connectivity index (χ2v) is 9.89. The van der Waals surface area contributed by atoms with Gasteiger partial charge in [-0.05, 0) is 43.4 Å². The first-order valence-electron chi connectivity index (χ1n) is 8.92. The van der Waals surface area contributed by atoms with Gasteiger partial charge in [-0.2, -0.15) is 4.72 Å². The maximum Gasteiger partial charge on any atom is 0.241 e. The molecule has 27 heavy (non-hydrogen) atoms. The van der Waals surface area contributed by atoms with Crippen molar-refractivity contribution < 1.29 is 13.2 Å². The number of benzene rings is 1. The number of hydrogen-bond donors (Lipinski definition) is 2. The third-order valence-corrected chi connectivity index (χ3v) is 5.72. The van der Waals surface area contributed by atoms with Crippen LogP contribution >= 0.6 is 12.4 Å². The van der Waals surface area contributed by atoms with Gasteiger partial charge < -0.3 is 10.6 Å². The van der Waals surface area contributed by atoms with E-state index < -0.39 is 16.1 Å². The molecular weight excluding hydrogens is 386 g/mol. The SMILES string of the molecule is Cc1ccc(S(=O)(=O)NC(CC(C)C)C(=O)N(C)CC(C)(C)CN)cc1.Cl. The van der Waals surface area contributed by atoms with Gasteiger partial charge >= 0.3 is 0 Å². The number of nitrogens with two attached hydrogens (primary N) is 1. The predicted molar refractivity (Wildman–Crippen MR) is 112 cm³/mol. The van der Waals surface area contributed by atoms with Crippen LogP contribution in [0.25, 0.3) is 0 Å². The van der Waals surface area contributed by atoms with Crippen molar-refractivity contribution in [3.63, 3.8) is 0 Å². The van der Waals surface area contributed by atoms with Crippen LogP contribution in [-0.2, 0) is 14.8 Å². The van der Waals surface area contributed by atoms with Crippen LogP contribution < -0.4 is 10.5 Å². The molecule has 0 saturated heterocycles. The Kier molecular flexibility index (Phi) is 9.97. The van der Waals surface area contributed by atoms with Gasteiger partial charge in [0.1, 0.15) is 6.04 Å². The topological polar surface area (TPSA) is 92.5 Å². The highest BCUT2D eigenvalue weighted by atomic mass is 35.5. The van der Waals surface area contributed by atoms with Crippen molar-refractivity contribution in [2.75, 3.05) is 20.1 Å². The van der Waals surface area contributed by atoms with E-state index in [1.54, 1.807) is 36.2 Å². The van der Waals surface area contributed by atoms with E-state index in [-0.39, 0.29) is 34.5 Å². The number of amides is 1. The molecule has 1 amide bonds. The van der Waals surface area contributed by atoms with E-state index in [4.69, 9.17) is 5.73 Å². The maximum atomic E-state index is 12.9. The normalized spacial score (nSPS) is 13.2. The van der Waals surface area contributed by atoms with Crippen molar-refractivity contribution in [3.8, 4) is 0 Å². The molecule has 0 heterocycles. The molecule has 0 saturated carbocycles. The van der Waals surface area contributed by atoms with Crippen molar-refractivity contribution in [3.05, 3.63) is 29.8 Å². The van der Waals surface area contributed by atoms with Crippen molar-refractivity contribution in [2.45, 2.75) is 52.0 Å². The zero-order valence-electron chi connectivity index (χ0n) is 17.2. The van der Waals surface area contributed by atoms with Gasteiger partial charge in [0.05, 0.1) is 4.90 Å². The van der Waals surface area contributed by atoms with Crippen molar-refractivity contribution in [2.24, 2.45) is 17.1 Å². The summed E-state index contributed by atoms with van der Waals surface area (Å²) in [5.41, 5.74) is 6.49. The summed E-state index contributed by atoms with van der Waals surface area (Å²) in [4.78, 5) is 14.6. The molecule has 0 bridgehead atoms. The van der Waals surface area contributed by atoms with Crippen molar-refractivity contribution >= 4 is 28.3 Å². The number of nitrogens with one attached hydrogen (secondary N) is 1. The largest absolute Gasteiger partial charge is 0.344 e. The smallest absolute Gasteiger partial charge is 0.241 e. The number of aryl methyl sites for hydroxylation is 1. The molecule has 1 aromatic rings. The van der Waals surface area contributed by atoms with E-state index >= 15 is 0 Å². The molecule has 1 unspecified atom stereocenters. The molecular formula is C19H34ClN3O3S. The zero-order chi connectivity index (χ0) is 20.1. The molecule has 0 radical (unpaired) electrons. The van der Waals surface area contributed by atoms with Gasteiger partial charge in [0, 0.05) is 13.6 Å². The van der Waals surface area contributed by atoms with E-state index in [1.807, 2.05) is 34.6 Å². The summed E-state index contributed by atoms with van der Waals surface area (Å²) in [5.74, 6) is -0.0727. The van der Waals surface area contributed by atoms with Crippen LogP contribution in [0.1, 0.15) is 39.7 Å². The Labute approximate surface area is 170 Å². The number of sulfonamides is 1. The standard InChI is InChI=1S/C19H33N3O3S.ClH/c1-14(2)11-17(18(23)22(6)13-19(4,5)12-20)21-26(24,25)16-9-7-15(3)8-10-16;/h7-10,14,17,21H,11-13,20H2,1-6H3;1H. The molecule has 8 heteroatoms. The lowest BCUT2D eigenvalue weighted by molar-refractivity contribution is -0.133. The Morgan fingerprint density at radius 1 is 1.22 bits per heavy atom. The molecule has 6 nitrogen and oxygen atoms in total. The summed E-state index contributed by atoms with van der Waals surface area (Å²) >= 11 is 0. The van der Waals surface area contributed by atoms with Crippen LogP contribution in [-0.4, -0.2) is 45.4 Å². The molecule has 0 spiro atoms. The summed E-state index contributed by atoms with van der Waals surface area (Å²) in [7, 11) is -2.08. The number of hydrogen-bond acceptors (Lipinski definition) is 4. The Morgan fingerprint density at radius 2 is 1.74 bits per heavy atom. The van der Waals surface area contributed by atoms with Gasteiger partial charge in [-0.3, -0.25) is 4.79 Å². The van der Waals surface area contributed by atoms with E-state index in [0.717, 1.165) is 5.56 Å². The predicted octanol–water partition coefficient (Wildman–Crippen LogP) is 2.55. The molecule has 0 aliphatic rings. The molecule has 1 atom stereocenters. The first kappa shape index (κ1) is 25.9. The average molecular weight is 420 g/mol. The molecule has 3 N–H and O–H groups in total. The Balaban J connectivity index is 0.00000676. The summed E-state index contributed by atoms with van der Waals surface area (Å²) in [6, 6.07) is 5.78. The van der Waals surface area contributed by atoms with Gasteiger partial charge in [0.25, 0.3) is 0 Å². The molecule has 0 aliphatic carbocycles. The van der Waals surface area contributed by atoms with Gasteiger partial charge in [0.15, 0.2) is 0 Å². The quantitative estimate of drug-likeness (QED) is 0.643. The molecule has 0 aromatic heterocycles. The minimum atomic E-state index is -3.77. The van der Waals surface area contributed by atoms with Crippen LogP contribution in [0.15, 0.2) is 29.2 Å². The van der Waals surface area contributed by atoms with E-state index in [9.17, 15) is 13.2 Å². The fourth-order valence-electron chi connectivity index (χ4n) is 2.69. The number of nitrogens with zero attached hydrogens (tertiary/aromatic N) is 1. The minimum Gasteiger partial charge on any atom is -0.344 e. The maximum absolute atomic E-state index is 12.9. The Hall–Kier alpha value is -1.15. The first-order chi connectivity index (χ1) is 11.9. The fourth-order valence-corrected chi connectivity index (χ4v) is 3.90. The lowest BCUT2D eigenvalue weighted by Crippen LogP contribution is -2.50. The zero-order valence-corrected chi connectivity index (χ0v) is 18.8. The number of carbonyl (C=O) groups excluding carboxylic acids is 1. The highest BCUT2D eigenvalue weighted by Crippen LogP contribution is 2.18. The van der Waals surface area contributed by atoms with E-state index in [1.165, 1.54) is 0 Å². The van der Waals surface area contributed by atoms with Crippen LogP contribution in [0.2, 0.25) is 0 Å². The van der Waals surface area contributed by atoms with Crippen LogP contribution in [0.5, 0.6) is 0 Å². The van der Waals surface area contributed by atoms with Gasteiger partial charge in [0.2, 0.25) is 15.9 Å². The van der Waals surface area contributed by atoms with Crippen LogP contribution in [0, 0.1) is 18.3 Å². The lowest BCUT2D eigenvalue weighted by atomic mass is 9.93. The Morgan fingerprint density at radius 3 is 2.19 bits per heavy atom. The summed E-state index contributed by atoms with van der Waals surface area (Å²) in [6.07, 6.45) is 0.428. The third-order valence-electron chi connectivity index (χ3n) is 4.23. The summed E-state index contributed by atoms with van der Waals surface area (Å²) in [6.45, 7) is 10.7.